The summed E-state index contributed by atoms with van der Waals surface area (Å²) in [4.78, 5) is 40.6. The van der Waals surface area contributed by atoms with E-state index in [0.717, 1.165) is 9.44 Å². The van der Waals surface area contributed by atoms with Crippen LogP contribution in [0.25, 0.3) is 15.9 Å². The van der Waals surface area contributed by atoms with Gasteiger partial charge in [-0.3, -0.25) is 14.2 Å². The first-order valence-corrected chi connectivity index (χ1v) is 10.4. The fourth-order valence-electron chi connectivity index (χ4n) is 3.35. The SMILES string of the molecule is CCOc1ccc(C(=O)Cn2c(=O)n(-c3ccccc3)c(=O)c3cc(C)sc32)cc1. The van der Waals surface area contributed by atoms with Crippen LogP contribution in [0.5, 0.6) is 5.75 Å². The topological polar surface area (TPSA) is 70.3 Å². The number of hydrogen-bond acceptors (Lipinski definition) is 5. The number of rotatable bonds is 6. The maximum Gasteiger partial charge on any atom is 0.337 e. The van der Waals surface area contributed by atoms with Gasteiger partial charge in [-0.05, 0) is 56.3 Å². The molecule has 0 spiro atoms. The van der Waals surface area contributed by atoms with Gasteiger partial charge in [-0.25, -0.2) is 9.36 Å². The van der Waals surface area contributed by atoms with Gasteiger partial charge in [0.2, 0.25) is 0 Å². The van der Waals surface area contributed by atoms with Gasteiger partial charge in [-0.1, -0.05) is 18.2 Å². The van der Waals surface area contributed by atoms with Gasteiger partial charge in [-0.2, -0.15) is 0 Å². The largest absolute Gasteiger partial charge is 0.494 e. The molecule has 0 amide bonds. The summed E-state index contributed by atoms with van der Waals surface area (Å²) in [6.07, 6.45) is 0. The molecule has 152 valence electrons. The second-order valence-electron chi connectivity index (χ2n) is 6.80. The van der Waals surface area contributed by atoms with Gasteiger partial charge in [0.05, 0.1) is 24.2 Å². The molecule has 2 aromatic carbocycles. The third-order valence-corrected chi connectivity index (χ3v) is 5.81. The molecule has 0 N–H and O–H groups in total. The highest BCUT2D eigenvalue weighted by atomic mass is 32.1. The molecule has 2 aromatic heterocycles. The molecule has 0 fully saturated rings. The van der Waals surface area contributed by atoms with Crippen LogP contribution in [0.2, 0.25) is 0 Å². The normalized spacial score (nSPS) is 11.0. The second-order valence-corrected chi connectivity index (χ2v) is 8.04. The quantitative estimate of drug-likeness (QED) is 0.445. The number of carbonyl (C=O) groups excluding carboxylic acids is 1. The van der Waals surface area contributed by atoms with Gasteiger partial charge in [0.15, 0.2) is 5.78 Å². The van der Waals surface area contributed by atoms with Crippen molar-refractivity contribution < 1.29 is 9.53 Å². The number of thiophene rings is 1. The molecule has 0 aliphatic heterocycles. The maximum absolute atomic E-state index is 13.3. The fraction of sp³-hybridized carbons (Fsp3) is 0.174. The zero-order chi connectivity index (χ0) is 21.3. The zero-order valence-corrected chi connectivity index (χ0v) is 17.4. The van der Waals surface area contributed by atoms with Crippen LogP contribution < -0.4 is 16.0 Å². The molecule has 4 aromatic rings. The average Bonchev–Trinajstić information content (AvgIpc) is 3.14. The average molecular weight is 420 g/mol. The number of benzene rings is 2. The molecular formula is C23H20N2O4S. The first-order valence-electron chi connectivity index (χ1n) is 9.57. The Bertz CT molecular complexity index is 1330. The summed E-state index contributed by atoms with van der Waals surface area (Å²) in [5, 5.41) is 0.431. The lowest BCUT2D eigenvalue weighted by molar-refractivity contribution is 0.0971. The number of nitrogens with zero attached hydrogens (tertiary/aromatic N) is 2. The fourth-order valence-corrected chi connectivity index (χ4v) is 4.34. The van der Waals surface area contributed by atoms with Gasteiger partial charge in [-0.15, -0.1) is 11.3 Å². The van der Waals surface area contributed by atoms with E-state index in [9.17, 15) is 14.4 Å². The Morgan fingerprint density at radius 1 is 1.03 bits per heavy atom. The van der Waals surface area contributed by atoms with E-state index >= 15 is 0 Å². The lowest BCUT2D eigenvalue weighted by atomic mass is 10.1. The van der Waals surface area contributed by atoms with Crippen molar-refractivity contribution >= 4 is 27.3 Å². The summed E-state index contributed by atoms with van der Waals surface area (Å²) < 4.78 is 7.93. The summed E-state index contributed by atoms with van der Waals surface area (Å²) in [6.45, 7) is 4.15. The number of para-hydroxylation sites is 1. The number of Topliss-reactive ketones (excluding diaryl/α,β-unsaturated/α-hetero) is 1. The van der Waals surface area contributed by atoms with Crippen molar-refractivity contribution in [1.82, 2.24) is 9.13 Å². The molecule has 2 heterocycles. The van der Waals surface area contributed by atoms with E-state index in [1.807, 2.05) is 19.9 Å². The molecule has 0 radical (unpaired) electrons. The molecule has 7 heteroatoms. The van der Waals surface area contributed by atoms with Crippen LogP contribution in [0.1, 0.15) is 22.2 Å². The predicted octanol–water partition coefficient (Wildman–Crippen LogP) is 3.80. The van der Waals surface area contributed by atoms with Crippen molar-refractivity contribution in [3.63, 3.8) is 0 Å². The highest BCUT2D eigenvalue weighted by Crippen LogP contribution is 2.22. The lowest BCUT2D eigenvalue weighted by Crippen LogP contribution is -2.39. The van der Waals surface area contributed by atoms with Crippen molar-refractivity contribution in [3.05, 3.63) is 91.9 Å². The molecule has 0 atom stereocenters. The van der Waals surface area contributed by atoms with Crippen LogP contribution in [-0.4, -0.2) is 21.5 Å². The van der Waals surface area contributed by atoms with Crippen molar-refractivity contribution in [3.8, 4) is 11.4 Å². The Morgan fingerprint density at radius 2 is 1.73 bits per heavy atom. The van der Waals surface area contributed by atoms with E-state index in [1.54, 1.807) is 54.6 Å². The Kier molecular flexibility index (Phi) is 5.37. The van der Waals surface area contributed by atoms with Crippen molar-refractivity contribution in [2.75, 3.05) is 6.61 Å². The number of carbonyl (C=O) groups is 1. The molecule has 0 unspecified atom stereocenters. The minimum atomic E-state index is -0.528. The van der Waals surface area contributed by atoms with Gasteiger partial charge in [0, 0.05) is 10.4 Å². The second kappa shape index (κ2) is 8.12. The van der Waals surface area contributed by atoms with Gasteiger partial charge >= 0.3 is 5.69 Å². The van der Waals surface area contributed by atoms with E-state index in [4.69, 9.17) is 4.74 Å². The van der Waals surface area contributed by atoms with Crippen LogP contribution in [0.15, 0.2) is 70.3 Å². The van der Waals surface area contributed by atoms with Crippen LogP contribution >= 0.6 is 11.3 Å². The number of aromatic nitrogens is 2. The molecular weight excluding hydrogens is 400 g/mol. The van der Waals surface area contributed by atoms with E-state index < -0.39 is 5.69 Å². The minimum Gasteiger partial charge on any atom is -0.494 e. The van der Waals surface area contributed by atoms with E-state index in [2.05, 4.69) is 0 Å². The standard InChI is InChI=1S/C23H20N2O4S/c1-3-29-18-11-9-16(10-12-18)20(26)14-24-22-19(13-15(2)30-22)21(27)25(23(24)28)17-7-5-4-6-8-17/h4-13H,3,14H2,1-2H3. The van der Waals surface area contributed by atoms with E-state index in [0.29, 0.717) is 33.8 Å². The van der Waals surface area contributed by atoms with Crippen LogP contribution in [-0.2, 0) is 6.54 Å². The van der Waals surface area contributed by atoms with Crippen molar-refractivity contribution in [2.45, 2.75) is 20.4 Å². The lowest BCUT2D eigenvalue weighted by Gasteiger charge is -2.12. The number of fused-ring (bicyclic) bond motifs is 1. The maximum atomic E-state index is 13.3. The summed E-state index contributed by atoms with van der Waals surface area (Å²) in [7, 11) is 0. The van der Waals surface area contributed by atoms with Crippen LogP contribution in [0.3, 0.4) is 0 Å². The summed E-state index contributed by atoms with van der Waals surface area (Å²) in [5.41, 5.74) is 0.0416. The third kappa shape index (κ3) is 3.59. The van der Waals surface area contributed by atoms with Crippen LogP contribution in [0, 0.1) is 6.92 Å². The Morgan fingerprint density at radius 3 is 2.40 bits per heavy atom. The molecule has 0 saturated carbocycles. The highest BCUT2D eigenvalue weighted by molar-refractivity contribution is 7.18. The first kappa shape index (κ1) is 19.8. The Balaban J connectivity index is 1.83. The number of ketones is 1. The van der Waals surface area contributed by atoms with Crippen LogP contribution in [0.4, 0.5) is 0 Å². The van der Waals surface area contributed by atoms with E-state index in [-0.39, 0.29) is 17.9 Å². The smallest absolute Gasteiger partial charge is 0.337 e. The van der Waals surface area contributed by atoms with Crippen molar-refractivity contribution in [1.29, 1.82) is 0 Å². The van der Waals surface area contributed by atoms with E-state index in [1.165, 1.54) is 15.9 Å². The Labute approximate surface area is 176 Å². The van der Waals surface area contributed by atoms with Crippen molar-refractivity contribution in [2.24, 2.45) is 0 Å². The summed E-state index contributed by atoms with van der Waals surface area (Å²) in [6, 6.07) is 17.3. The number of ether oxygens (including phenoxy) is 1. The third-order valence-electron chi connectivity index (χ3n) is 4.74. The first-order chi connectivity index (χ1) is 14.5. The molecule has 6 nitrogen and oxygen atoms in total. The van der Waals surface area contributed by atoms with Gasteiger partial charge in [0.25, 0.3) is 5.56 Å². The molecule has 30 heavy (non-hydrogen) atoms. The monoisotopic (exact) mass is 420 g/mol. The summed E-state index contributed by atoms with van der Waals surface area (Å²) in [5.74, 6) is 0.464. The van der Waals surface area contributed by atoms with Gasteiger partial charge in [0.1, 0.15) is 10.6 Å². The molecule has 0 aliphatic rings. The number of hydrogen-bond donors (Lipinski definition) is 0. The predicted molar refractivity (Wildman–Crippen MR) is 118 cm³/mol. The molecule has 0 aliphatic carbocycles. The number of aryl methyl sites for hydroxylation is 1. The summed E-state index contributed by atoms with van der Waals surface area (Å²) >= 11 is 1.33. The molecule has 0 bridgehead atoms. The molecule has 0 saturated heterocycles. The highest BCUT2D eigenvalue weighted by Gasteiger charge is 2.19. The molecule has 4 rings (SSSR count). The Hall–Kier alpha value is -3.45. The van der Waals surface area contributed by atoms with Gasteiger partial charge < -0.3 is 4.74 Å². The zero-order valence-electron chi connectivity index (χ0n) is 16.6. The minimum absolute atomic E-state index is 0.156.